The Morgan fingerprint density at radius 3 is 2.90 bits per heavy atom. The Kier molecular flexibility index (Phi) is 6.45. The fourth-order valence-electron chi connectivity index (χ4n) is 2.66. The van der Waals surface area contributed by atoms with E-state index in [1.54, 1.807) is 11.3 Å². The highest BCUT2D eigenvalue weighted by molar-refractivity contribution is 7.09. The number of thiophene rings is 1. The maximum Gasteiger partial charge on any atom is 0.0900 e. The Morgan fingerprint density at radius 2 is 2.25 bits per heavy atom. The molecule has 2 heterocycles. The average molecular weight is 298 g/mol. The first-order valence-electron chi connectivity index (χ1n) is 7.32. The van der Waals surface area contributed by atoms with Gasteiger partial charge in [-0.05, 0) is 51.5 Å². The molecule has 1 fully saturated rings. The number of ether oxygens (including phenoxy) is 1. The zero-order valence-corrected chi connectivity index (χ0v) is 13.3. The van der Waals surface area contributed by atoms with Gasteiger partial charge in [0, 0.05) is 17.5 Å². The van der Waals surface area contributed by atoms with Gasteiger partial charge in [-0.15, -0.1) is 11.3 Å². The first-order chi connectivity index (χ1) is 9.65. The molecule has 20 heavy (non-hydrogen) atoms. The number of likely N-dealkylation sites (tertiary alicyclic amines) is 1. The summed E-state index contributed by atoms with van der Waals surface area (Å²) in [7, 11) is 4.28. The molecule has 1 aliphatic heterocycles. The largest absolute Gasteiger partial charge is 0.389 e. The lowest BCUT2D eigenvalue weighted by molar-refractivity contribution is 0.00350. The highest BCUT2D eigenvalue weighted by atomic mass is 32.1. The van der Waals surface area contributed by atoms with Crippen LogP contribution in [-0.4, -0.2) is 67.4 Å². The van der Waals surface area contributed by atoms with Gasteiger partial charge >= 0.3 is 0 Å². The summed E-state index contributed by atoms with van der Waals surface area (Å²) in [6.45, 7) is 4.01. The lowest BCUT2D eigenvalue weighted by Gasteiger charge is -2.35. The SMILES string of the molecule is CN1CCC(N(C)CC(O)COCc2cccs2)CC1. The molecule has 0 aromatic carbocycles. The van der Waals surface area contributed by atoms with E-state index in [0.29, 0.717) is 25.8 Å². The molecule has 4 nitrogen and oxygen atoms in total. The average Bonchev–Trinajstić information content (AvgIpc) is 2.92. The van der Waals surface area contributed by atoms with E-state index in [4.69, 9.17) is 4.74 Å². The molecule has 2 rings (SSSR count). The van der Waals surface area contributed by atoms with Crippen LogP contribution in [0, 0.1) is 0 Å². The predicted octanol–water partition coefficient (Wildman–Crippen LogP) is 1.65. The van der Waals surface area contributed by atoms with Gasteiger partial charge in [-0.1, -0.05) is 6.07 Å². The van der Waals surface area contributed by atoms with Gasteiger partial charge in [0.15, 0.2) is 0 Å². The lowest BCUT2D eigenvalue weighted by atomic mass is 10.0. The standard InChI is InChI=1S/C15H26N2O2S/c1-16-7-5-13(6-8-16)17(2)10-14(18)11-19-12-15-4-3-9-20-15/h3-4,9,13-14,18H,5-8,10-12H2,1-2H3. The molecule has 5 heteroatoms. The normalized spacial score (nSPS) is 19.6. The third kappa shape index (κ3) is 5.14. The number of piperidine rings is 1. The Labute approximate surface area is 126 Å². The van der Waals surface area contributed by atoms with E-state index in [0.717, 1.165) is 13.1 Å². The summed E-state index contributed by atoms with van der Waals surface area (Å²) in [5.41, 5.74) is 0. The fourth-order valence-corrected chi connectivity index (χ4v) is 3.30. The van der Waals surface area contributed by atoms with Crippen molar-refractivity contribution in [2.45, 2.75) is 31.6 Å². The summed E-state index contributed by atoms with van der Waals surface area (Å²) >= 11 is 1.69. The molecule has 114 valence electrons. The second kappa shape index (κ2) is 8.10. The van der Waals surface area contributed by atoms with E-state index in [2.05, 4.69) is 30.0 Å². The van der Waals surface area contributed by atoms with Crippen molar-refractivity contribution in [1.82, 2.24) is 9.80 Å². The summed E-state index contributed by atoms with van der Waals surface area (Å²) in [5, 5.41) is 12.1. The van der Waals surface area contributed by atoms with E-state index in [9.17, 15) is 5.11 Å². The molecule has 0 radical (unpaired) electrons. The zero-order chi connectivity index (χ0) is 14.4. The van der Waals surface area contributed by atoms with Gasteiger partial charge in [0.2, 0.25) is 0 Å². The first-order valence-corrected chi connectivity index (χ1v) is 8.20. The number of likely N-dealkylation sites (N-methyl/N-ethyl adjacent to an activating group) is 1. The maximum absolute atomic E-state index is 10.1. The van der Waals surface area contributed by atoms with Crippen molar-refractivity contribution in [1.29, 1.82) is 0 Å². The monoisotopic (exact) mass is 298 g/mol. The number of aliphatic hydroxyl groups excluding tert-OH is 1. The van der Waals surface area contributed by atoms with Crippen molar-refractivity contribution < 1.29 is 9.84 Å². The molecule has 1 aromatic rings. The van der Waals surface area contributed by atoms with Crippen molar-refractivity contribution in [2.24, 2.45) is 0 Å². The van der Waals surface area contributed by atoms with Crippen molar-refractivity contribution in [2.75, 3.05) is 40.3 Å². The van der Waals surface area contributed by atoms with Gasteiger partial charge in [-0.3, -0.25) is 0 Å². The molecule has 0 aliphatic carbocycles. The number of hydrogen-bond acceptors (Lipinski definition) is 5. The van der Waals surface area contributed by atoms with Gasteiger partial charge in [0.1, 0.15) is 0 Å². The van der Waals surface area contributed by atoms with Crippen LogP contribution < -0.4 is 0 Å². The summed E-state index contributed by atoms with van der Waals surface area (Å²) in [5.74, 6) is 0. The topological polar surface area (TPSA) is 35.9 Å². The molecular formula is C15H26N2O2S. The molecule has 1 unspecified atom stereocenters. The van der Waals surface area contributed by atoms with Crippen LogP contribution in [0.5, 0.6) is 0 Å². The predicted molar refractivity (Wildman–Crippen MR) is 83.1 cm³/mol. The molecule has 0 amide bonds. The minimum Gasteiger partial charge on any atom is -0.389 e. The van der Waals surface area contributed by atoms with Crippen molar-refractivity contribution in [3.05, 3.63) is 22.4 Å². The Bertz CT molecular complexity index is 364. The van der Waals surface area contributed by atoms with Crippen LogP contribution in [0.25, 0.3) is 0 Å². The molecule has 1 aromatic heterocycles. The Morgan fingerprint density at radius 1 is 1.50 bits per heavy atom. The molecule has 0 bridgehead atoms. The summed E-state index contributed by atoms with van der Waals surface area (Å²) in [4.78, 5) is 5.86. The third-order valence-corrected chi connectivity index (χ3v) is 4.79. The van der Waals surface area contributed by atoms with Crippen LogP contribution in [0.15, 0.2) is 17.5 Å². The molecule has 1 saturated heterocycles. The van der Waals surface area contributed by atoms with E-state index >= 15 is 0 Å². The van der Waals surface area contributed by atoms with Gasteiger partial charge in [-0.2, -0.15) is 0 Å². The van der Waals surface area contributed by atoms with E-state index in [-0.39, 0.29) is 0 Å². The smallest absolute Gasteiger partial charge is 0.0900 e. The molecular weight excluding hydrogens is 272 g/mol. The van der Waals surface area contributed by atoms with Crippen LogP contribution in [0.2, 0.25) is 0 Å². The second-order valence-corrected chi connectivity index (χ2v) is 6.75. The lowest BCUT2D eigenvalue weighted by Crippen LogP contribution is -2.45. The van der Waals surface area contributed by atoms with Crippen LogP contribution in [0.4, 0.5) is 0 Å². The van der Waals surface area contributed by atoms with Crippen LogP contribution in [0.3, 0.4) is 0 Å². The fraction of sp³-hybridized carbons (Fsp3) is 0.733. The molecule has 1 aliphatic rings. The Balaban J connectivity index is 1.62. The van der Waals surface area contributed by atoms with Crippen LogP contribution >= 0.6 is 11.3 Å². The second-order valence-electron chi connectivity index (χ2n) is 5.72. The van der Waals surface area contributed by atoms with Gasteiger partial charge < -0.3 is 19.6 Å². The number of aliphatic hydroxyl groups is 1. The van der Waals surface area contributed by atoms with Gasteiger partial charge in [-0.25, -0.2) is 0 Å². The van der Waals surface area contributed by atoms with Crippen molar-refractivity contribution >= 4 is 11.3 Å². The zero-order valence-electron chi connectivity index (χ0n) is 12.5. The molecule has 1 atom stereocenters. The highest BCUT2D eigenvalue weighted by Gasteiger charge is 2.22. The van der Waals surface area contributed by atoms with Crippen molar-refractivity contribution in [3.63, 3.8) is 0 Å². The summed E-state index contributed by atoms with van der Waals surface area (Å²) in [6, 6.07) is 4.67. The number of rotatable bonds is 7. The molecule has 1 N–H and O–H groups in total. The highest BCUT2D eigenvalue weighted by Crippen LogP contribution is 2.14. The van der Waals surface area contributed by atoms with Crippen LogP contribution in [-0.2, 0) is 11.3 Å². The van der Waals surface area contributed by atoms with E-state index < -0.39 is 6.10 Å². The van der Waals surface area contributed by atoms with Gasteiger partial charge in [0.05, 0.1) is 19.3 Å². The maximum atomic E-state index is 10.1. The molecule has 0 saturated carbocycles. The minimum absolute atomic E-state index is 0.403. The number of nitrogens with zero attached hydrogens (tertiary/aromatic N) is 2. The van der Waals surface area contributed by atoms with E-state index in [1.807, 2.05) is 11.4 Å². The Hall–Kier alpha value is -0.460. The summed E-state index contributed by atoms with van der Waals surface area (Å²) in [6.07, 6.45) is 1.98. The molecule has 0 spiro atoms. The van der Waals surface area contributed by atoms with Gasteiger partial charge in [0.25, 0.3) is 0 Å². The van der Waals surface area contributed by atoms with Crippen LogP contribution in [0.1, 0.15) is 17.7 Å². The van der Waals surface area contributed by atoms with E-state index in [1.165, 1.54) is 17.7 Å². The minimum atomic E-state index is -0.403. The number of hydrogen-bond donors (Lipinski definition) is 1. The van der Waals surface area contributed by atoms with Crippen molar-refractivity contribution in [3.8, 4) is 0 Å². The quantitative estimate of drug-likeness (QED) is 0.830. The third-order valence-electron chi connectivity index (χ3n) is 3.94. The first kappa shape index (κ1) is 15.9. The summed E-state index contributed by atoms with van der Waals surface area (Å²) < 4.78 is 5.57.